The number of benzene rings is 1. The van der Waals surface area contributed by atoms with Crippen LogP contribution in [0.1, 0.15) is 33.6 Å². The minimum absolute atomic E-state index is 0. The van der Waals surface area contributed by atoms with Gasteiger partial charge < -0.3 is 15.2 Å². The van der Waals surface area contributed by atoms with Crippen molar-refractivity contribution in [1.82, 2.24) is 9.88 Å². The number of anilines is 1. The number of fused-ring (bicyclic) bond motifs is 1. The molecule has 1 aliphatic heterocycles. The second kappa shape index (κ2) is 10.5. The lowest BCUT2D eigenvalue weighted by molar-refractivity contribution is -0.00234. The highest BCUT2D eigenvalue weighted by molar-refractivity contribution is 5.91. The van der Waals surface area contributed by atoms with E-state index < -0.39 is 5.60 Å². The summed E-state index contributed by atoms with van der Waals surface area (Å²) in [7, 11) is 1.66. The van der Waals surface area contributed by atoms with Gasteiger partial charge >= 0.3 is 0 Å². The van der Waals surface area contributed by atoms with Gasteiger partial charge in [0.1, 0.15) is 5.75 Å². The Morgan fingerprint density at radius 1 is 1.32 bits per heavy atom. The number of nitrogens with zero attached hydrogens (tertiary/aromatic N) is 2. The third-order valence-electron chi connectivity index (χ3n) is 5.62. The van der Waals surface area contributed by atoms with Gasteiger partial charge in [0.15, 0.2) is 0 Å². The predicted octanol–water partition coefficient (Wildman–Crippen LogP) is 4.37. The van der Waals surface area contributed by atoms with E-state index in [9.17, 15) is 5.11 Å². The number of aliphatic hydroxyl groups is 1. The monoisotopic (exact) mass is 429 g/mol. The zero-order valence-corrected chi connectivity index (χ0v) is 18.8. The Balaban J connectivity index is 0.00000196. The molecule has 28 heavy (non-hydrogen) atoms. The number of pyridine rings is 1. The van der Waals surface area contributed by atoms with Crippen LogP contribution in [-0.4, -0.2) is 53.4 Å². The van der Waals surface area contributed by atoms with E-state index in [1.54, 1.807) is 13.3 Å². The van der Waals surface area contributed by atoms with E-state index in [1.165, 1.54) is 12.8 Å². The number of methoxy groups -OCH3 is 1. The van der Waals surface area contributed by atoms with Crippen molar-refractivity contribution < 1.29 is 9.84 Å². The molecule has 1 aliphatic rings. The Morgan fingerprint density at radius 3 is 2.79 bits per heavy atom. The summed E-state index contributed by atoms with van der Waals surface area (Å²) in [6, 6.07) is 8.36. The van der Waals surface area contributed by atoms with Crippen molar-refractivity contribution in [3.8, 4) is 5.75 Å². The third kappa shape index (κ3) is 5.86. The second-order valence-electron chi connectivity index (χ2n) is 7.93. The van der Waals surface area contributed by atoms with Crippen molar-refractivity contribution in [2.24, 2.45) is 5.92 Å². The van der Waals surface area contributed by atoms with Crippen molar-refractivity contribution >= 4 is 41.4 Å². The normalized spacial score (nSPS) is 21.9. The summed E-state index contributed by atoms with van der Waals surface area (Å²) in [6.45, 7) is 8.67. The number of likely N-dealkylation sites (tertiary alicyclic amines) is 1. The molecule has 1 aromatic heterocycles. The van der Waals surface area contributed by atoms with Crippen LogP contribution >= 0.6 is 24.8 Å². The van der Waals surface area contributed by atoms with Crippen LogP contribution in [0.15, 0.2) is 30.5 Å². The molecule has 3 unspecified atom stereocenters. The average Bonchev–Trinajstić information content (AvgIpc) is 2.63. The summed E-state index contributed by atoms with van der Waals surface area (Å²) >= 11 is 0. The molecule has 2 heterocycles. The Morgan fingerprint density at radius 2 is 2.07 bits per heavy atom. The molecule has 158 valence electrons. The van der Waals surface area contributed by atoms with Gasteiger partial charge in [0.05, 0.1) is 23.9 Å². The van der Waals surface area contributed by atoms with Gasteiger partial charge in [-0.25, -0.2) is 0 Å². The summed E-state index contributed by atoms with van der Waals surface area (Å²) in [4.78, 5) is 6.90. The van der Waals surface area contributed by atoms with Gasteiger partial charge in [-0.1, -0.05) is 13.0 Å². The fraction of sp³-hybridized carbons (Fsp3) is 0.571. The highest BCUT2D eigenvalue weighted by Crippen LogP contribution is 2.29. The van der Waals surface area contributed by atoms with Crippen molar-refractivity contribution in [2.75, 3.05) is 32.1 Å². The SMILES string of the molecule is COc1cc(NCC(C)(O)CN2CCCC(C)C2C)c2ncccc2c1.Cl.Cl. The molecule has 0 bridgehead atoms. The molecule has 5 nitrogen and oxygen atoms in total. The molecule has 3 rings (SSSR count). The van der Waals surface area contributed by atoms with Crippen LogP contribution in [0.4, 0.5) is 5.69 Å². The van der Waals surface area contributed by atoms with Gasteiger partial charge in [0.25, 0.3) is 0 Å². The van der Waals surface area contributed by atoms with Gasteiger partial charge in [-0.05, 0) is 51.3 Å². The van der Waals surface area contributed by atoms with Gasteiger partial charge in [-0.2, -0.15) is 0 Å². The first-order valence-electron chi connectivity index (χ1n) is 9.53. The molecule has 7 heteroatoms. The fourth-order valence-electron chi connectivity index (χ4n) is 3.84. The first-order chi connectivity index (χ1) is 12.4. The number of ether oxygens (including phenoxy) is 1. The maximum Gasteiger partial charge on any atom is 0.121 e. The lowest BCUT2D eigenvalue weighted by Crippen LogP contribution is -2.52. The number of rotatable bonds is 6. The van der Waals surface area contributed by atoms with E-state index in [0.29, 0.717) is 25.0 Å². The standard InChI is InChI=1S/C21H31N3O2.2ClH/c1-15-7-6-10-24(16(15)2)14-21(3,25)13-23-19-12-18(26-4)11-17-8-5-9-22-20(17)19;;/h5,8-9,11-12,15-16,23,25H,6-7,10,13-14H2,1-4H3;2*1H. The molecular weight excluding hydrogens is 397 g/mol. The molecule has 2 N–H and O–H groups in total. The van der Waals surface area contributed by atoms with Gasteiger partial charge in [0, 0.05) is 36.8 Å². The topological polar surface area (TPSA) is 57.6 Å². The minimum atomic E-state index is -0.824. The molecule has 0 saturated carbocycles. The number of aromatic nitrogens is 1. The predicted molar refractivity (Wildman–Crippen MR) is 121 cm³/mol. The van der Waals surface area contributed by atoms with Crippen LogP contribution in [0, 0.1) is 5.92 Å². The van der Waals surface area contributed by atoms with Crippen LogP contribution in [0.3, 0.4) is 0 Å². The summed E-state index contributed by atoms with van der Waals surface area (Å²) in [6.07, 6.45) is 4.27. The Labute approximate surface area is 180 Å². The second-order valence-corrected chi connectivity index (χ2v) is 7.93. The number of halogens is 2. The van der Waals surface area contributed by atoms with E-state index in [4.69, 9.17) is 4.74 Å². The summed E-state index contributed by atoms with van der Waals surface area (Å²) in [5, 5.41) is 15.4. The molecule has 1 fully saturated rings. The van der Waals surface area contributed by atoms with Gasteiger partial charge in [-0.15, -0.1) is 24.8 Å². The van der Waals surface area contributed by atoms with E-state index in [2.05, 4.69) is 29.0 Å². The van der Waals surface area contributed by atoms with E-state index in [1.807, 2.05) is 31.2 Å². The van der Waals surface area contributed by atoms with Gasteiger partial charge in [0.2, 0.25) is 0 Å². The van der Waals surface area contributed by atoms with E-state index in [-0.39, 0.29) is 24.8 Å². The number of nitrogens with one attached hydrogen (secondary N) is 1. The number of hydrogen-bond acceptors (Lipinski definition) is 5. The fourth-order valence-corrected chi connectivity index (χ4v) is 3.84. The average molecular weight is 430 g/mol. The molecule has 1 aromatic carbocycles. The Bertz CT molecular complexity index is 758. The van der Waals surface area contributed by atoms with Crippen molar-refractivity contribution in [3.63, 3.8) is 0 Å². The van der Waals surface area contributed by atoms with Crippen LogP contribution < -0.4 is 10.1 Å². The van der Waals surface area contributed by atoms with Crippen LogP contribution in [0.2, 0.25) is 0 Å². The largest absolute Gasteiger partial charge is 0.497 e. The first kappa shape index (κ1) is 24.8. The maximum atomic E-state index is 11.0. The smallest absolute Gasteiger partial charge is 0.121 e. The van der Waals surface area contributed by atoms with Crippen molar-refractivity contribution in [3.05, 3.63) is 30.5 Å². The number of hydrogen-bond donors (Lipinski definition) is 2. The number of piperidine rings is 1. The van der Waals surface area contributed by atoms with Crippen LogP contribution in [0.5, 0.6) is 5.75 Å². The summed E-state index contributed by atoms with van der Waals surface area (Å²) in [5.74, 6) is 1.46. The molecule has 0 amide bonds. The van der Waals surface area contributed by atoms with Crippen LogP contribution in [0.25, 0.3) is 10.9 Å². The quantitative estimate of drug-likeness (QED) is 0.713. The van der Waals surface area contributed by atoms with Crippen LogP contribution in [-0.2, 0) is 0 Å². The summed E-state index contributed by atoms with van der Waals surface area (Å²) in [5.41, 5.74) is 0.958. The zero-order valence-electron chi connectivity index (χ0n) is 17.1. The van der Waals surface area contributed by atoms with Crippen molar-refractivity contribution in [2.45, 2.75) is 45.3 Å². The van der Waals surface area contributed by atoms with Crippen molar-refractivity contribution in [1.29, 1.82) is 0 Å². The lowest BCUT2D eigenvalue weighted by atomic mass is 9.90. The van der Waals surface area contributed by atoms with E-state index >= 15 is 0 Å². The summed E-state index contributed by atoms with van der Waals surface area (Å²) < 4.78 is 5.40. The molecule has 1 saturated heterocycles. The highest BCUT2D eigenvalue weighted by Gasteiger charge is 2.31. The van der Waals surface area contributed by atoms with E-state index in [0.717, 1.165) is 28.9 Å². The Hall–Kier alpha value is -1.27. The molecule has 3 atom stereocenters. The number of β-amino-alcohol motifs (C(OH)–C–C–N with tert-alkyl or cyclic N) is 1. The maximum absolute atomic E-state index is 11.0. The molecular formula is C21H33Cl2N3O2. The molecule has 2 aromatic rings. The van der Waals surface area contributed by atoms with Gasteiger partial charge in [-0.3, -0.25) is 9.88 Å². The third-order valence-corrected chi connectivity index (χ3v) is 5.62. The first-order valence-corrected chi connectivity index (χ1v) is 9.53. The molecule has 0 spiro atoms. The lowest BCUT2D eigenvalue weighted by Gasteiger charge is -2.41. The Kier molecular flexibility index (Phi) is 9.28. The zero-order chi connectivity index (χ0) is 18.7. The molecule has 0 radical (unpaired) electrons. The highest BCUT2D eigenvalue weighted by atomic mass is 35.5. The molecule has 0 aliphatic carbocycles. The minimum Gasteiger partial charge on any atom is -0.497 e.